The van der Waals surface area contributed by atoms with E-state index in [4.69, 9.17) is 0 Å². The van der Waals surface area contributed by atoms with Crippen molar-refractivity contribution in [2.24, 2.45) is 5.92 Å². The second-order valence-electron chi connectivity index (χ2n) is 6.19. The van der Waals surface area contributed by atoms with Gasteiger partial charge in [-0.3, -0.25) is 4.79 Å². The molecule has 2 aliphatic rings. The molecule has 3 unspecified atom stereocenters. The third kappa shape index (κ3) is 2.64. The SMILES string of the molecule is CCS(=O)(=O)c1cccc(S(=O)(=O)N2C3CCC2C(C(=O)O)C3)c1. The van der Waals surface area contributed by atoms with Gasteiger partial charge in [-0.2, -0.15) is 4.31 Å². The molecule has 0 amide bonds. The van der Waals surface area contributed by atoms with Crippen molar-refractivity contribution in [3.8, 4) is 0 Å². The number of carboxylic acids is 1. The summed E-state index contributed by atoms with van der Waals surface area (Å²) in [6.45, 7) is 1.49. The fourth-order valence-electron chi connectivity index (χ4n) is 3.70. The van der Waals surface area contributed by atoms with Crippen LogP contribution in [0.3, 0.4) is 0 Å². The molecule has 1 aromatic rings. The molecule has 0 aromatic heterocycles. The molecule has 2 heterocycles. The van der Waals surface area contributed by atoms with Crippen molar-refractivity contribution in [2.45, 2.75) is 48.1 Å². The number of hydrogen-bond acceptors (Lipinski definition) is 5. The Bertz CT molecular complexity index is 877. The average molecular weight is 373 g/mol. The van der Waals surface area contributed by atoms with Gasteiger partial charge in [-0.15, -0.1) is 0 Å². The number of sulfone groups is 1. The lowest BCUT2D eigenvalue weighted by Gasteiger charge is -2.22. The molecular weight excluding hydrogens is 354 g/mol. The van der Waals surface area contributed by atoms with Crippen LogP contribution in [0.1, 0.15) is 26.2 Å². The Morgan fingerprint density at radius 3 is 2.46 bits per heavy atom. The highest BCUT2D eigenvalue weighted by molar-refractivity contribution is 7.91. The smallest absolute Gasteiger partial charge is 0.308 e. The number of carboxylic acid groups (broad SMARTS) is 1. The van der Waals surface area contributed by atoms with Crippen molar-refractivity contribution in [2.75, 3.05) is 5.75 Å². The van der Waals surface area contributed by atoms with E-state index in [1.54, 1.807) is 0 Å². The molecule has 2 fully saturated rings. The maximum absolute atomic E-state index is 13.0. The number of rotatable bonds is 5. The summed E-state index contributed by atoms with van der Waals surface area (Å²) in [6.07, 6.45) is 1.47. The van der Waals surface area contributed by atoms with Crippen molar-refractivity contribution in [1.82, 2.24) is 4.31 Å². The predicted molar refractivity (Wildman–Crippen MR) is 85.7 cm³/mol. The molecular formula is C15H19NO6S2. The monoisotopic (exact) mass is 373 g/mol. The van der Waals surface area contributed by atoms with Crippen LogP contribution in [0.4, 0.5) is 0 Å². The second-order valence-corrected chi connectivity index (χ2v) is 10.3. The Hall–Kier alpha value is -1.45. The van der Waals surface area contributed by atoms with Gasteiger partial charge in [0, 0.05) is 12.1 Å². The van der Waals surface area contributed by atoms with E-state index in [1.165, 1.54) is 35.5 Å². The first-order valence-electron chi connectivity index (χ1n) is 7.77. The summed E-state index contributed by atoms with van der Waals surface area (Å²) < 4.78 is 51.2. The van der Waals surface area contributed by atoms with Crippen molar-refractivity contribution < 1.29 is 26.7 Å². The van der Waals surface area contributed by atoms with Crippen molar-refractivity contribution in [1.29, 1.82) is 0 Å². The number of sulfonamides is 1. The third-order valence-corrected chi connectivity index (χ3v) is 8.62. The van der Waals surface area contributed by atoms with Crippen LogP contribution >= 0.6 is 0 Å². The van der Waals surface area contributed by atoms with Gasteiger partial charge in [-0.25, -0.2) is 16.8 Å². The summed E-state index contributed by atoms with van der Waals surface area (Å²) in [5, 5.41) is 9.27. The number of benzene rings is 1. The Labute approximate surface area is 141 Å². The quantitative estimate of drug-likeness (QED) is 0.828. The number of nitrogens with zero attached hydrogens (tertiary/aromatic N) is 1. The summed E-state index contributed by atoms with van der Waals surface area (Å²) in [6, 6.07) is 4.43. The highest BCUT2D eigenvalue weighted by atomic mass is 32.2. The Morgan fingerprint density at radius 2 is 1.88 bits per heavy atom. The Kier molecular flexibility index (Phi) is 4.21. The van der Waals surface area contributed by atoms with Crippen LogP contribution in [-0.2, 0) is 24.7 Å². The van der Waals surface area contributed by atoms with Crippen LogP contribution in [0.5, 0.6) is 0 Å². The molecule has 3 atom stereocenters. The van der Waals surface area contributed by atoms with E-state index in [1.807, 2.05) is 0 Å². The average Bonchev–Trinajstić information content (AvgIpc) is 3.13. The highest BCUT2D eigenvalue weighted by Gasteiger charge is 2.54. The zero-order valence-electron chi connectivity index (χ0n) is 13.1. The first-order chi connectivity index (χ1) is 11.2. The molecule has 2 bridgehead atoms. The fraction of sp³-hybridized carbons (Fsp3) is 0.533. The summed E-state index contributed by atoms with van der Waals surface area (Å²) in [7, 11) is -7.44. The predicted octanol–water partition coefficient (Wildman–Crippen LogP) is 1.11. The van der Waals surface area contributed by atoms with Crippen LogP contribution in [0.25, 0.3) is 0 Å². The van der Waals surface area contributed by atoms with Gasteiger partial charge in [0.05, 0.1) is 21.5 Å². The Balaban J connectivity index is 2.01. The van der Waals surface area contributed by atoms with E-state index in [9.17, 15) is 26.7 Å². The van der Waals surface area contributed by atoms with Gasteiger partial charge in [0.1, 0.15) is 0 Å². The van der Waals surface area contributed by atoms with Gasteiger partial charge in [-0.05, 0) is 37.5 Å². The lowest BCUT2D eigenvalue weighted by atomic mass is 9.89. The van der Waals surface area contributed by atoms with Gasteiger partial charge >= 0.3 is 5.97 Å². The van der Waals surface area contributed by atoms with Crippen molar-refractivity contribution in [3.05, 3.63) is 24.3 Å². The summed E-state index contributed by atoms with van der Waals surface area (Å²) >= 11 is 0. The molecule has 2 aliphatic heterocycles. The number of hydrogen-bond donors (Lipinski definition) is 1. The van der Waals surface area contributed by atoms with Gasteiger partial charge < -0.3 is 5.11 Å². The maximum Gasteiger partial charge on any atom is 0.308 e. The zero-order chi connectivity index (χ0) is 17.7. The molecule has 3 rings (SSSR count). The van der Waals surface area contributed by atoms with Crippen LogP contribution < -0.4 is 0 Å². The normalized spacial score (nSPS) is 27.5. The lowest BCUT2D eigenvalue weighted by molar-refractivity contribution is -0.142. The van der Waals surface area contributed by atoms with Crippen LogP contribution in [0.15, 0.2) is 34.1 Å². The molecule has 132 valence electrons. The summed E-state index contributed by atoms with van der Waals surface area (Å²) in [5.74, 6) is -1.79. The number of fused-ring (bicyclic) bond motifs is 2. The van der Waals surface area contributed by atoms with Gasteiger partial charge in [-0.1, -0.05) is 13.0 Å². The molecule has 7 nitrogen and oxygen atoms in total. The van der Waals surface area contributed by atoms with Gasteiger partial charge in [0.2, 0.25) is 10.0 Å². The molecule has 2 saturated heterocycles. The molecule has 24 heavy (non-hydrogen) atoms. The van der Waals surface area contributed by atoms with E-state index in [-0.39, 0.29) is 21.6 Å². The lowest BCUT2D eigenvalue weighted by Crippen LogP contribution is -2.37. The van der Waals surface area contributed by atoms with Gasteiger partial charge in [0.25, 0.3) is 0 Å². The Morgan fingerprint density at radius 1 is 1.21 bits per heavy atom. The van der Waals surface area contributed by atoms with Crippen LogP contribution in [0, 0.1) is 5.92 Å². The summed E-state index contributed by atoms with van der Waals surface area (Å²) in [5.41, 5.74) is 0. The second kappa shape index (κ2) is 5.82. The molecule has 1 aromatic carbocycles. The highest BCUT2D eigenvalue weighted by Crippen LogP contribution is 2.45. The molecule has 0 aliphatic carbocycles. The van der Waals surface area contributed by atoms with E-state index < -0.39 is 37.8 Å². The van der Waals surface area contributed by atoms with E-state index in [0.29, 0.717) is 19.3 Å². The molecule has 9 heteroatoms. The minimum absolute atomic E-state index is 0.0348. The largest absolute Gasteiger partial charge is 0.481 e. The first-order valence-corrected chi connectivity index (χ1v) is 10.9. The fourth-order valence-corrected chi connectivity index (χ4v) is 6.66. The first kappa shape index (κ1) is 17.4. The molecule has 0 saturated carbocycles. The molecule has 0 radical (unpaired) electrons. The van der Waals surface area contributed by atoms with E-state index in [2.05, 4.69) is 0 Å². The van der Waals surface area contributed by atoms with Gasteiger partial charge in [0.15, 0.2) is 9.84 Å². The standard InChI is InChI=1S/C15H19NO6S2/c1-2-23(19,20)11-4-3-5-12(9-11)24(21,22)16-10-6-7-14(16)13(8-10)15(17)18/h3-5,9-10,13-14H,2,6-8H2,1H3,(H,17,18). The third-order valence-electron chi connectivity index (χ3n) is 4.91. The molecule has 0 spiro atoms. The van der Waals surface area contributed by atoms with E-state index >= 15 is 0 Å². The van der Waals surface area contributed by atoms with Crippen LogP contribution in [0.2, 0.25) is 0 Å². The minimum atomic E-state index is -3.93. The topological polar surface area (TPSA) is 109 Å². The number of carbonyl (C=O) groups is 1. The zero-order valence-corrected chi connectivity index (χ0v) is 14.8. The maximum atomic E-state index is 13.0. The van der Waals surface area contributed by atoms with Crippen LogP contribution in [-0.4, -0.2) is 50.1 Å². The van der Waals surface area contributed by atoms with E-state index in [0.717, 1.165) is 0 Å². The summed E-state index contributed by atoms with van der Waals surface area (Å²) in [4.78, 5) is 11.2. The van der Waals surface area contributed by atoms with Crippen molar-refractivity contribution >= 4 is 25.8 Å². The number of aliphatic carboxylic acids is 1. The minimum Gasteiger partial charge on any atom is -0.481 e. The molecule has 1 N–H and O–H groups in total. The van der Waals surface area contributed by atoms with Crippen molar-refractivity contribution in [3.63, 3.8) is 0 Å².